The Labute approximate surface area is 121 Å². The van der Waals surface area contributed by atoms with Gasteiger partial charge in [-0.3, -0.25) is 0 Å². The van der Waals surface area contributed by atoms with E-state index in [4.69, 9.17) is 5.11 Å². The van der Waals surface area contributed by atoms with Crippen molar-refractivity contribution in [1.29, 1.82) is 0 Å². The van der Waals surface area contributed by atoms with E-state index in [9.17, 15) is 9.59 Å². The van der Waals surface area contributed by atoms with Crippen LogP contribution in [0.25, 0.3) is 0 Å². The zero-order valence-electron chi connectivity index (χ0n) is 12.8. The zero-order valence-corrected chi connectivity index (χ0v) is 12.8. The molecule has 2 N–H and O–H groups in total. The predicted octanol–water partition coefficient (Wildman–Crippen LogP) is 1.37. The lowest BCUT2D eigenvalue weighted by molar-refractivity contribution is -0.141. The van der Waals surface area contributed by atoms with Crippen molar-refractivity contribution in [3.05, 3.63) is 0 Å². The van der Waals surface area contributed by atoms with E-state index in [2.05, 4.69) is 17.3 Å². The van der Waals surface area contributed by atoms with Gasteiger partial charge in [0, 0.05) is 26.2 Å². The molecule has 1 aliphatic carbocycles. The average Bonchev–Trinajstić information content (AvgIpc) is 2.92. The molecule has 116 valence electrons. The van der Waals surface area contributed by atoms with E-state index < -0.39 is 12.0 Å². The maximum absolute atomic E-state index is 11.9. The Hall–Kier alpha value is -1.30. The summed E-state index contributed by atoms with van der Waals surface area (Å²) >= 11 is 0. The van der Waals surface area contributed by atoms with E-state index in [1.807, 2.05) is 0 Å². The molecule has 0 aromatic carbocycles. The number of carbonyl (C=O) groups excluding carboxylic acids is 1. The molecule has 1 rings (SSSR count). The fourth-order valence-electron chi connectivity index (χ4n) is 2.75. The molecule has 0 aromatic heterocycles. The van der Waals surface area contributed by atoms with Gasteiger partial charge in [-0.15, -0.1) is 0 Å². The van der Waals surface area contributed by atoms with E-state index in [1.165, 1.54) is 37.6 Å². The van der Waals surface area contributed by atoms with Crippen LogP contribution in [-0.4, -0.2) is 66.2 Å². The van der Waals surface area contributed by atoms with Gasteiger partial charge in [-0.25, -0.2) is 9.59 Å². The van der Waals surface area contributed by atoms with Crippen LogP contribution >= 0.6 is 0 Å². The minimum Gasteiger partial charge on any atom is -0.480 e. The number of carboxylic acid groups (broad SMARTS) is 1. The molecular weight excluding hydrogens is 258 g/mol. The van der Waals surface area contributed by atoms with Crippen LogP contribution in [0.15, 0.2) is 0 Å². The number of nitrogens with one attached hydrogen (secondary N) is 1. The third kappa shape index (κ3) is 4.67. The largest absolute Gasteiger partial charge is 0.480 e. The van der Waals surface area contributed by atoms with Crippen molar-refractivity contribution in [3.8, 4) is 0 Å². The van der Waals surface area contributed by atoms with Crippen LogP contribution in [0.5, 0.6) is 0 Å². The number of hydrogen-bond donors (Lipinski definition) is 2. The van der Waals surface area contributed by atoms with E-state index >= 15 is 0 Å². The molecule has 0 bridgehead atoms. The molecule has 0 aromatic rings. The number of aliphatic carboxylic acids is 1. The maximum Gasteiger partial charge on any atom is 0.326 e. The van der Waals surface area contributed by atoms with E-state index in [-0.39, 0.29) is 6.03 Å². The molecule has 1 aliphatic rings. The van der Waals surface area contributed by atoms with Crippen LogP contribution in [-0.2, 0) is 4.79 Å². The Morgan fingerprint density at radius 3 is 2.40 bits per heavy atom. The molecule has 0 radical (unpaired) electrons. The second-order valence-electron chi connectivity index (χ2n) is 5.52. The second kappa shape index (κ2) is 8.09. The van der Waals surface area contributed by atoms with Gasteiger partial charge in [0.05, 0.1) is 0 Å². The summed E-state index contributed by atoms with van der Waals surface area (Å²) in [6, 6.07) is -0.450. The molecule has 1 atom stereocenters. The van der Waals surface area contributed by atoms with Gasteiger partial charge in [0.1, 0.15) is 6.04 Å². The highest BCUT2D eigenvalue weighted by molar-refractivity contribution is 5.82. The minimum atomic E-state index is -0.965. The van der Waals surface area contributed by atoms with Crippen molar-refractivity contribution in [2.24, 2.45) is 0 Å². The SMILES string of the molecule is CCC(C(=O)O)N(C)C(=O)NCCN(C)C1CCCC1. The molecule has 1 fully saturated rings. The Morgan fingerprint density at radius 2 is 1.90 bits per heavy atom. The van der Waals surface area contributed by atoms with Crippen molar-refractivity contribution in [3.63, 3.8) is 0 Å². The Bertz CT molecular complexity index is 330. The number of urea groups is 1. The molecule has 0 aliphatic heterocycles. The van der Waals surface area contributed by atoms with Crippen molar-refractivity contribution < 1.29 is 14.7 Å². The van der Waals surface area contributed by atoms with Crippen molar-refractivity contribution >= 4 is 12.0 Å². The number of likely N-dealkylation sites (N-methyl/N-ethyl adjacent to an activating group) is 2. The highest BCUT2D eigenvalue weighted by atomic mass is 16.4. The first kappa shape index (κ1) is 16.8. The molecule has 6 nitrogen and oxygen atoms in total. The Kier molecular flexibility index (Phi) is 6.78. The van der Waals surface area contributed by atoms with E-state index in [0.29, 0.717) is 19.0 Å². The third-order valence-corrected chi connectivity index (χ3v) is 4.15. The predicted molar refractivity (Wildman–Crippen MR) is 77.8 cm³/mol. The molecular formula is C14H27N3O3. The van der Waals surface area contributed by atoms with Crippen LogP contribution < -0.4 is 5.32 Å². The lowest BCUT2D eigenvalue weighted by Gasteiger charge is -2.26. The van der Waals surface area contributed by atoms with Crippen LogP contribution in [0.4, 0.5) is 4.79 Å². The monoisotopic (exact) mass is 285 g/mol. The van der Waals surface area contributed by atoms with Gasteiger partial charge in [0.15, 0.2) is 0 Å². The fraction of sp³-hybridized carbons (Fsp3) is 0.857. The smallest absolute Gasteiger partial charge is 0.326 e. The molecule has 20 heavy (non-hydrogen) atoms. The normalized spacial score (nSPS) is 17.2. The highest BCUT2D eigenvalue weighted by Gasteiger charge is 2.24. The number of amides is 2. The van der Waals surface area contributed by atoms with Crippen LogP contribution in [0.3, 0.4) is 0 Å². The van der Waals surface area contributed by atoms with Crippen molar-refractivity contribution in [2.75, 3.05) is 27.2 Å². The number of carbonyl (C=O) groups is 2. The highest BCUT2D eigenvalue weighted by Crippen LogP contribution is 2.21. The molecule has 1 unspecified atom stereocenters. The summed E-state index contributed by atoms with van der Waals surface area (Å²) in [4.78, 5) is 26.4. The molecule has 1 saturated carbocycles. The van der Waals surface area contributed by atoms with Gasteiger partial charge in [0.2, 0.25) is 0 Å². The quantitative estimate of drug-likeness (QED) is 0.741. The molecule has 2 amide bonds. The van der Waals surface area contributed by atoms with E-state index in [0.717, 1.165) is 6.54 Å². The first-order valence-corrected chi connectivity index (χ1v) is 7.41. The van der Waals surface area contributed by atoms with Crippen LogP contribution in [0.1, 0.15) is 39.0 Å². The number of rotatable bonds is 7. The number of nitrogens with zero attached hydrogens (tertiary/aromatic N) is 2. The van der Waals surface area contributed by atoms with Gasteiger partial charge in [-0.2, -0.15) is 0 Å². The van der Waals surface area contributed by atoms with Crippen molar-refractivity contribution in [1.82, 2.24) is 15.1 Å². The summed E-state index contributed by atoms with van der Waals surface area (Å²) in [6.45, 7) is 3.11. The van der Waals surface area contributed by atoms with Crippen LogP contribution in [0.2, 0.25) is 0 Å². The Balaban J connectivity index is 2.29. The summed E-state index contributed by atoms with van der Waals surface area (Å²) < 4.78 is 0. The van der Waals surface area contributed by atoms with Gasteiger partial charge >= 0.3 is 12.0 Å². The summed E-state index contributed by atoms with van der Waals surface area (Å²) in [5, 5.41) is 11.8. The third-order valence-electron chi connectivity index (χ3n) is 4.15. The molecule has 0 saturated heterocycles. The molecule has 6 heteroatoms. The van der Waals surface area contributed by atoms with Gasteiger partial charge < -0.3 is 20.2 Å². The minimum absolute atomic E-state index is 0.320. The first-order valence-electron chi connectivity index (χ1n) is 7.41. The standard InChI is InChI=1S/C14H27N3O3/c1-4-12(13(18)19)17(3)14(20)15-9-10-16(2)11-7-5-6-8-11/h11-12H,4-10H2,1-3H3,(H,15,20)(H,18,19). The zero-order chi connectivity index (χ0) is 15.1. The summed E-state index contributed by atoms with van der Waals surface area (Å²) in [6.07, 6.45) is 5.46. The molecule has 0 heterocycles. The van der Waals surface area contributed by atoms with Crippen molar-refractivity contribution in [2.45, 2.75) is 51.1 Å². The first-order chi connectivity index (χ1) is 9.47. The fourth-order valence-corrected chi connectivity index (χ4v) is 2.75. The van der Waals surface area contributed by atoms with Gasteiger partial charge in [-0.05, 0) is 26.3 Å². The Morgan fingerprint density at radius 1 is 1.30 bits per heavy atom. The maximum atomic E-state index is 11.9. The van der Waals surface area contributed by atoms with Gasteiger partial charge in [-0.1, -0.05) is 19.8 Å². The lowest BCUT2D eigenvalue weighted by atomic mass is 10.2. The van der Waals surface area contributed by atoms with Gasteiger partial charge in [0.25, 0.3) is 0 Å². The second-order valence-corrected chi connectivity index (χ2v) is 5.52. The lowest BCUT2D eigenvalue weighted by Crippen LogP contribution is -2.48. The number of carboxylic acids is 1. The summed E-state index contributed by atoms with van der Waals surface area (Å²) in [5.74, 6) is -0.965. The average molecular weight is 285 g/mol. The number of hydrogen-bond acceptors (Lipinski definition) is 3. The van der Waals surface area contributed by atoms with E-state index in [1.54, 1.807) is 6.92 Å². The van der Waals surface area contributed by atoms with Crippen LogP contribution in [0, 0.1) is 0 Å². The topological polar surface area (TPSA) is 72.9 Å². The molecule has 0 spiro atoms. The summed E-state index contributed by atoms with van der Waals surface area (Å²) in [7, 11) is 3.61. The summed E-state index contributed by atoms with van der Waals surface area (Å²) in [5.41, 5.74) is 0.